The summed E-state index contributed by atoms with van der Waals surface area (Å²) in [5.74, 6) is -1.14. The van der Waals surface area contributed by atoms with Crippen LogP contribution in [0.4, 0.5) is 11.4 Å². The van der Waals surface area contributed by atoms with Crippen LogP contribution < -0.4 is 16.2 Å². The van der Waals surface area contributed by atoms with Crippen molar-refractivity contribution in [1.29, 1.82) is 0 Å². The molecule has 0 bridgehead atoms. The zero-order valence-electron chi connectivity index (χ0n) is 15.5. The van der Waals surface area contributed by atoms with E-state index in [0.717, 1.165) is 0 Å². The van der Waals surface area contributed by atoms with Crippen molar-refractivity contribution in [2.24, 2.45) is 0 Å². The third kappa shape index (κ3) is 6.57. The zero-order valence-corrected chi connectivity index (χ0v) is 17.0. The van der Waals surface area contributed by atoms with Crippen LogP contribution in [0.3, 0.4) is 0 Å². The highest BCUT2D eigenvalue weighted by Crippen LogP contribution is 2.33. The zero-order chi connectivity index (χ0) is 20.5. The molecule has 3 rings (SSSR count). The number of halogens is 2. The van der Waals surface area contributed by atoms with E-state index in [4.69, 9.17) is 23.2 Å². The molecular formula is C22H22Cl2N2O2. The Bertz CT molecular complexity index is 895. The molecule has 1 atom stereocenters. The van der Waals surface area contributed by atoms with Gasteiger partial charge in [-0.3, -0.25) is 0 Å². The Labute approximate surface area is 174 Å². The first-order valence-electron chi connectivity index (χ1n) is 8.75. The summed E-state index contributed by atoms with van der Waals surface area (Å²) < 4.78 is 0. The highest BCUT2D eigenvalue weighted by Gasteiger charge is 2.08. The fourth-order valence-electron chi connectivity index (χ4n) is 2.49. The standard InChI is InChI=1S/C14H11Cl2NO2.C8H11N/c15-10-5-3-6-11(16)14(10)17-12-7-2-1-4-9(12)8-13(18)19;1-7(9)8-5-3-2-4-6-8/h1-7,17H,8H2,(H,18,19);2-7H,9H2,1H3/t;7-/m.1/s1. The average Bonchev–Trinajstić information content (AvgIpc) is 2.67. The number of hydrogen-bond donors (Lipinski definition) is 2. The minimum absolute atomic E-state index is 0.175. The smallest absolute Gasteiger partial charge is 0.107 e. The fraction of sp³-hybridized carbons (Fsp3) is 0.136. The first-order valence-corrected chi connectivity index (χ1v) is 9.51. The summed E-state index contributed by atoms with van der Waals surface area (Å²) in [4.78, 5) is 10.7. The van der Waals surface area contributed by atoms with Crippen LogP contribution in [0.1, 0.15) is 24.1 Å². The third-order valence-corrected chi connectivity index (χ3v) is 4.57. The van der Waals surface area contributed by atoms with Crippen LogP contribution >= 0.6 is 23.2 Å². The van der Waals surface area contributed by atoms with Gasteiger partial charge in [-0.1, -0.05) is 77.8 Å². The predicted molar refractivity (Wildman–Crippen MR) is 113 cm³/mol. The quantitative estimate of drug-likeness (QED) is 0.658. The summed E-state index contributed by atoms with van der Waals surface area (Å²) in [6.45, 7) is 2.09. The van der Waals surface area contributed by atoms with Gasteiger partial charge in [-0.2, -0.15) is 0 Å². The lowest BCUT2D eigenvalue weighted by Gasteiger charge is -2.14. The van der Waals surface area contributed by atoms with Gasteiger partial charge in [-0.15, -0.1) is 0 Å². The van der Waals surface area contributed by atoms with Crippen molar-refractivity contribution in [1.82, 2.24) is 0 Å². The lowest BCUT2D eigenvalue weighted by atomic mass is 10.1. The minimum Gasteiger partial charge on any atom is -0.550 e. The van der Waals surface area contributed by atoms with E-state index in [0.29, 0.717) is 33.0 Å². The Morgan fingerprint density at radius 1 is 0.964 bits per heavy atom. The summed E-state index contributed by atoms with van der Waals surface area (Å²) in [5, 5.41) is 14.7. The van der Waals surface area contributed by atoms with E-state index < -0.39 is 5.97 Å². The molecule has 4 nitrogen and oxygen atoms in total. The van der Waals surface area contributed by atoms with Crippen LogP contribution in [-0.4, -0.2) is 5.97 Å². The van der Waals surface area contributed by atoms with Gasteiger partial charge in [0, 0.05) is 23.6 Å². The summed E-state index contributed by atoms with van der Waals surface area (Å²) >= 11 is 12.1. The van der Waals surface area contributed by atoms with Crippen LogP contribution in [0.2, 0.25) is 10.0 Å². The van der Waals surface area contributed by atoms with Gasteiger partial charge in [0.25, 0.3) is 0 Å². The number of quaternary nitrogens is 1. The minimum atomic E-state index is -1.14. The largest absolute Gasteiger partial charge is 0.550 e. The van der Waals surface area contributed by atoms with Crippen molar-refractivity contribution >= 4 is 40.5 Å². The third-order valence-electron chi connectivity index (χ3n) is 3.94. The fourth-order valence-corrected chi connectivity index (χ4v) is 2.98. The molecule has 0 aromatic heterocycles. The monoisotopic (exact) mass is 416 g/mol. The number of anilines is 2. The van der Waals surface area contributed by atoms with Crippen LogP contribution in [0.25, 0.3) is 0 Å². The van der Waals surface area contributed by atoms with Crippen molar-refractivity contribution < 1.29 is 15.6 Å². The van der Waals surface area contributed by atoms with E-state index >= 15 is 0 Å². The SMILES string of the molecule is C[C@@H]([NH3+])c1ccccc1.O=C([O-])Cc1ccccc1Nc1c(Cl)cccc1Cl. The van der Waals surface area contributed by atoms with Crippen molar-refractivity contribution in [3.05, 3.63) is 94.0 Å². The Balaban J connectivity index is 0.000000261. The van der Waals surface area contributed by atoms with Crippen LogP contribution in [0, 0.1) is 0 Å². The van der Waals surface area contributed by atoms with Crippen LogP contribution in [-0.2, 0) is 11.2 Å². The first kappa shape index (κ1) is 21.8. The van der Waals surface area contributed by atoms with E-state index in [1.807, 2.05) is 18.2 Å². The number of carboxylic acids is 1. The Hall–Kier alpha value is -2.53. The first-order chi connectivity index (χ1) is 13.4. The Kier molecular flexibility index (Phi) is 8.33. The number of carboxylic acid groups (broad SMARTS) is 1. The average molecular weight is 417 g/mol. The van der Waals surface area contributed by atoms with Crippen molar-refractivity contribution in [3.8, 4) is 0 Å². The second-order valence-corrected chi connectivity index (χ2v) is 7.05. The van der Waals surface area contributed by atoms with E-state index in [1.165, 1.54) is 5.56 Å². The number of aliphatic carboxylic acids is 1. The van der Waals surface area contributed by atoms with E-state index in [9.17, 15) is 9.90 Å². The molecule has 0 saturated heterocycles. The van der Waals surface area contributed by atoms with Gasteiger partial charge in [-0.05, 0) is 30.7 Å². The van der Waals surface area contributed by atoms with Gasteiger partial charge in [0.1, 0.15) is 6.04 Å². The number of carbonyl (C=O) groups excluding carboxylic acids is 1. The molecule has 0 saturated carbocycles. The van der Waals surface area contributed by atoms with Crippen molar-refractivity contribution in [2.75, 3.05) is 5.32 Å². The topological polar surface area (TPSA) is 79.8 Å². The lowest BCUT2D eigenvalue weighted by molar-refractivity contribution is -0.420. The Morgan fingerprint density at radius 2 is 1.54 bits per heavy atom. The molecule has 3 aromatic rings. The van der Waals surface area contributed by atoms with Gasteiger partial charge in [0.05, 0.1) is 15.7 Å². The second-order valence-electron chi connectivity index (χ2n) is 6.24. The van der Waals surface area contributed by atoms with Gasteiger partial charge in [-0.25, -0.2) is 0 Å². The highest BCUT2D eigenvalue weighted by atomic mass is 35.5. The highest BCUT2D eigenvalue weighted by molar-refractivity contribution is 6.39. The summed E-state index contributed by atoms with van der Waals surface area (Å²) in [5.41, 5.74) is 7.01. The summed E-state index contributed by atoms with van der Waals surface area (Å²) in [6, 6.07) is 22.9. The van der Waals surface area contributed by atoms with Crippen molar-refractivity contribution in [3.63, 3.8) is 0 Å². The lowest BCUT2D eigenvalue weighted by Crippen LogP contribution is -2.51. The molecule has 3 aromatic carbocycles. The van der Waals surface area contributed by atoms with Gasteiger partial charge in [0.15, 0.2) is 0 Å². The number of hydrogen-bond acceptors (Lipinski definition) is 3. The van der Waals surface area contributed by atoms with E-state index in [2.05, 4.69) is 30.1 Å². The Morgan fingerprint density at radius 3 is 2.07 bits per heavy atom. The molecule has 28 heavy (non-hydrogen) atoms. The van der Waals surface area contributed by atoms with E-state index in [1.54, 1.807) is 42.5 Å². The summed E-state index contributed by atoms with van der Waals surface area (Å²) in [6.07, 6.45) is -0.175. The maximum Gasteiger partial charge on any atom is 0.107 e. The molecule has 0 amide bonds. The number of para-hydroxylation sites is 2. The molecule has 0 fully saturated rings. The second kappa shape index (κ2) is 10.7. The normalized spacial score (nSPS) is 11.1. The molecule has 0 heterocycles. The maximum absolute atomic E-state index is 10.7. The number of benzene rings is 3. The van der Waals surface area contributed by atoms with Crippen LogP contribution in [0.15, 0.2) is 72.8 Å². The molecule has 0 aliphatic heterocycles. The maximum atomic E-state index is 10.7. The molecule has 0 spiro atoms. The molecule has 0 aliphatic rings. The van der Waals surface area contributed by atoms with Gasteiger partial charge < -0.3 is 21.0 Å². The number of carbonyl (C=O) groups is 1. The molecule has 4 N–H and O–H groups in total. The molecule has 0 unspecified atom stereocenters. The van der Waals surface area contributed by atoms with Gasteiger partial charge >= 0.3 is 0 Å². The predicted octanol–water partition coefficient (Wildman–Crippen LogP) is 4.02. The van der Waals surface area contributed by atoms with Crippen LogP contribution in [0.5, 0.6) is 0 Å². The number of rotatable bonds is 5. The molecule has 6 heteroatoms. The molecular weight excluding hydrogens is 395 g/mol. The number of nitrogens with one attached hydrogen (secondary N) is 1. The van der Waals surface area contributed by atoms with E-state index in [-0.39, 0.29) is 6.42 Å². The van der Waals surface area contributed by atoms with Crippen molar-refractivity contribution in [2.45, 2.75) is 19.4 Å². The summed E-state index contributed by atoms with van der Waals surface area (Å²) in [7, 11) is 0. The molecule has 146 valence electrons. The van der Waals surface area contributed by atoms with Gasteiger partial charge in [0.2, 0.25) is 0 Å². The molecule has 0 aliphatic carbocycles. The molecule has 0 radical (unpaired) electrons.